The molecule has 2 aromatic carbocycles. The summed E-state index contributed by atoms with van der Waals surface area (Å²) in [6, 6.07) is 12.5. The number of hydrogen-bond donors (Lipinski definition) is 2. The number of ether oxygens (including phenoxy) is 1. The van der Waals surface area contributed by atoms with Gasteiger partial charge < -0.3 is 10.1 Å². The molecular weight excluding hydrogens is 316 g/mol. The van der Waals surface area contributed by atoms with Gasteiger partial charge in [0.25, 0.3) is 5.91 Å². The SMILES string of the molecule is CC(C)Oc1cccc(C(=O)Nc2ccc(S(N)(=O)=O)cc2)c1. The number of anilines is 1. The Hall–Kier alpha value is -2.38. The van der Waals surface area contributed by atoms with Crippen LogP contribution in [0.4, 0.5) is 5.69 Å². The molecule has 7 heteroatoms. The van der Waals surface area contributed by atoms with Crippen LogP contribution in [0.3, 0.4) is 0 Å². The van der Waals surface area contributed by atoms with E-state index in [9.17, 15) is 13.2 Å². The zero-order valence-corrected chi connectivity index (χ0v) is 13.6. The molecule has 0 unspecified atom stereocenters. The van der Waals surface area contributed by atoms with Crippen LogP contribution < -0.4 is 15.2 Å². The molecule has 0 bridgehead atoms. The minimum atomic E-state index is -3.75. The lowest BCUT2D eigenvalue weighted by atomic mass is 10.2. The molecule has 0 saturated carbocycles. The van der Waals surface area contributed by atoms with E-state index in [1.54, 1.807) is 24.3 Å². The number of rotatable bonds is 5. The van der Waals surface area contributed by atoms with Crippen LogP contribution in [-0.2, 0) is 10.0 Å². The first-order valence-corrected chi connectivity index (χ1v) is 8.51. The Labute approximate surface area is 135 Å². The second kappa shape index (κ2) is 6.80. The van der Waals surface area contributed by atoms with Gasteiger partial charge in [0.15, 0.2) is 0 Å². The topological polar surface area (TPSA) is 98.5 Å². The van der Waals surface area contributed by atoms with Crippen LogP contribution in [0, 0.1) is 0 Å². The van der Waals surface area contributed by atoms with E-state index >= 15 is 0 Å². The van der Waals surface area contributed by atoms with E-state index in [1.165, 1.54) is 24.3 Å². The lowest BCUT2D eigenvalue weighted by Gasteiger charge is -2.11. The molecule has 2 rings (SSSR count). The molecule has 0 radical (unpaired) electrons. The van der Waals surface area contributed by atoms with E-state index < -0.39 is 10.0 Å². The number of carbonyl (C=O) groups is 1. The lowest BCUT2D eigenvalue weighted by Crippen LogP contribution is -2.14. The zero-order valence-electron chi connectivity index (χ0n) is 12.8. The normalized spacial score (nSPS) is 11.3. The molecular formula is C16H18N2O4S. The Balaban J connectivity index is 2.13. The summed E-state index contributed by atoms with van der Waals surface area (Å²) in [5.74, 6) is 0.291. The zero-order chi connectivity index (χ0) is 17.0. The summed E-state index contributed by atoms with van der Waals surface area (Å²) < 4.78 is 27.9. The van der Waals surface area contributed by atoms with Gasteiger partial charge in [-0.3, -0.25) is 4.79 Å². The lowest BCUT2D eigenvalue weighted by molar-refractivity contribution is 0.102. The Morgan fingerprint density at radius 2 is 1.78 bits per heavy atom. The molecule has 0 heterocycles. The quantitative estimate of drug-likeness (QED) is 0.877. The molecule has 0 aromatic heterocycles. The fourth-order valence-electron chi connectivity index (χ4n) is 1.91. The van der Waals surface area contributed by atoms with Crippen LogP contribution in [0.2, 0.25) is 0 Å². The van der Waals surface area contributed by atoms with Crippen molar-refractivity contribution >= 4 is 21.6 Å². The first-order valence-electron chi connectivity index (χ1n) is 6.96. The third-order valence-electron chi connectivity index (χ3n) is 2.91. The Bertz CT molecular complexity index is 799. The summed E-state index contributed by atoms with van der Waals surface area (Å²) in [6.07, 6.45) is 0.0130. The molecule has 0 aliphatic rings. The van der Waals surface area contributed by atoms with Crippen LogP contribution in [-0.4, -0.2) is 20.4 Å². The van der Waals surface area contributed by atoms with Crippen molar-refractivity contribution < 1.29 is 17.9 Å². The molecule has 1 amide bonds. The highest BCUT2D eigenvalue weighted by Crippen LogP contribution is 2.17. The van der Waals surface area contributed by atoms with Gasteiger partial charge in [-0.25, -0.2) is 13.6 Å². The molecule has 0 spiro atoms. The van der Waals surface area contributed by atoms with Crippen molar-refractivity contribution in [1.29, 1.82) is 0 Å². The fourth-order valence-corrected chi connectivity index (χ4v) is 2.43. The van der Waals surface area contributed by atoms with Gasteiger partial charge in [-0.2, -0.15) is 0 Å². The molecule has 0 saturated heterocycles. The standard InChI is InChI=1S/C16H18N2O4S/c1-11(2)22-14-5-3-4-12(10-14)16(19)18-13-6-8-15(9-7-13)23(17,20)21/h3-11H,1-2H3,(H,18,19)(H2,17,20,21). The molecule has 2 aromatic rings. The average Bonchev–Trinajstić information content (AvgIpc) is 2.46. The summed E-state index contributed by atoms with van der Waals surface area (Å²) >= 11 is 0. The fraction of sp³-hybridized carbons (Fsp3) is 0.188. The first kappa shape index (κ1) is 17.0. The predicted molar refractivity (Wildman–Crippen MR) is 88.0 cm³/mol. The van der Waals surface area contributed by atoms with Crippen molar-refractivity contribution in [2.75, 3.05) is 5.32 Å². The molecule has 0 aliphatic heterocycles. The Morgan fingerprint density at radius 3 is 2.35 bits per heavy atom. The number of hydrogen-bond acceptors (Lipinski definition) is 4. The van der Waals surface area contributed by atoms with Crippen LogP contribution in [0.5, 0.6) is 5.75 Å². The van der Waals surface area contributed by atoms with Crippen LogP contribution in [0.25, 0.3) is 0 Å². The minimum absolute atomic E-state index is 0.0113. The van der Waals surface area contributed by atoms with Crippen molar-refractivity contribution in [1.82, 2.24) is 0 Å². The van der Waals surface area contributed by atoms with Crippen molar-refractivity contribution in [2.45, 2.75) is 24.8 Å². The monoisotopic (exact) mass is 334 g/mol. The molecule has 6 nitrogen and oxygen atoms in total. The molecule has 0 aliphatic carbocycles. The van der Waals surface area contributed by atoms with Crippen LogP contribution in [0.1, 0.15) is 24.2 Å². The van der Waals surface area contributed by atoms with E-state index in [0.29, 0.717) is 17.0 Å². The predicted octanol–water partition coefficient (Wildman–Crippen LogP) is 2.37. The van der Waals surface area contributed by atoms with Gasteiger partial charge in [-0.1, -0.05) is 6.07 Å². The molecule has 3 N–H and O–H groups in total. The third-order valence-corrected chi connectivity index (χ3v) is 3.84. The van der Waals surface area contributed by atoms with E-state index in [1.807, 2.05) is 13.8 Å². The number of primary sulfonamides is 1. The summed E-state index contributed by atoms with van der Waals surface area (Å²) in [4.78, 5) is 12.2. The van der Waals surface area contributed by atoms with Gasteiger partial charge in [-0.15, -0.1) is 0 Å². The molecule has 0 fully saturated rings. The van der Waals surface area contributed by atoms with Crippen molar-refractivity contribution in [3.05, 3.63) is 54.1 Å². The molecule has 122 valence electrons. The maximum Gasteiger partial charge on any atom is 0.255 e. The van der Waals surface area contributed by atoms with E-state index in [4.69, 9.17) is 9.88 Å². The van der Waals surface area contributed by atoms with E-state index in [2.05, 4.69) is 5.32 Å². The van der Waals surface area contributed by atoms with Gasteiger partial charge in [0, 0.05) is 11.3 Å². The van der Waals surface area contributed by atoms with E-state index in [0.717, 1.165) is 0 Å². The van der Waals surface area contributed by atoms with Crippen LogP contribution >= 0.6 is 0 Å². The maximum absolute atomic E-state index is 12.2. The van der Waals surface area contributed by atoms with Gasteiger partial charge in [0.1, 0.15) is 5.75 Å². The number of nitrogens with two attached hydrogens (primary N) is 1. The van der Waals surface area contributed by atoms with E-state index in [-0.39, 0.29) is 16.9 Å². The van der Waals surface area contributed by atoms with Crippen molar-refractivity contribution in [2.24, 2.45) is 5.14 Å². The van der Waals surface area contributed by atoms with Crippen molar-refractivity contribution in [3.8, 4) is 5.75 Å². The number of nitrogens with one attached hydrogen (secondary N) is 1. The molecule has 0 atom stereocenters. The van der Waals surface area contributed by atoms with Gasteiger partial charge in [0.05, 0.1) is 11.0 Å². The molecule has 23 heavy (non-hydrogen) atoms. The summed E-state index contributed by atoms with van der Waals surface area (Å²) in [5, 5.41) is 7.71. The maximum atomic E-state index is 12.2. The first-order chi connectivity index (χ1) is 10.8. The summed E-state index contributed by atoms with van der Waals surface area (Å²) in [7, 11) is -3.75. The van der Waals surface area contributed by atoms with Gasteiger partial charge >= 0.3 is 0 Å². The van der Waals surface area contributed by atoms with Crippen LogP contribution in [0.15, 0.2) is 53.4 Å². The Morgan fingerprint density at radius 1 is 1.13 bits per heavy atom. The smallest absolute Gasteiger partial charge is 0.255 e. The number of benzene rings is 2. The summed E-state index contributed by atoms with van der Waals surface area (Å²) in [5.41, 5.74) is 0.913. The second-order valence-electron chi connectivity index (χ2n) is 5.22. The average molecular weight is 334 g/mol. The second-order valence-corrected chi connectivity index (χ2v) is 6.78. The minimum Gasteiger partial charge on any atom is -0.491 e. The summed E-state index contributed by atoms with van der Waals surface area (Å²) in [6.45, 7) is 3.81. The Kier molecular flexibility index (Phi) is 5.02. The highest BCUT2D eigenvalue weighted by atomic mass is 32.2. The number of sulfonamides is 1. The highest BCUT2D eigenvalue weighted by molar-refractivity contribution is 7.89. The van der Waals surface area contributed by atoms with Gasteiger partial charge in [0.2, 0.25) is 10.0 Å². The highest BCUT2D eigenvalue weighted by Gasteiger charge is 2.10. The van der Waals surface area contributed by atoms with Crippen molar-refractivity contribution in [3.63, 3.8) is 0 Å². The van der Waals surface area contributed by atoms with Gasteiger partial charge in [-0.05, 0) is 56.3 Å². The number of amides is 1. The largest absolute Gasteiger partial charge is 0.491 e. The number of carbonyl (C=O) groups excluding carboxylic acids is 1. The third kappa shape index (κ3) is 4.80.